The lowest BCUT2D eigenvalue weighted by Gasteiger charge is -2.10. The Morgan fingerprint density at radius 1 is 1.06 bits per heavy atom. The maximum Gasteiger partial charge on any atom is 0.231 e. The third kappa shape index (κ3) is 4.11. The van der Waals surface area contributed by atoms with Crippen molar-refractivity contribution in [2.45, 2.75) is 25.5 Å². The van der Waals surface area contributed by atoms with Crippen molar-refractivity contribution in [2.24, 2.45) is 7.05 Å². The molecule has 33 heavy (non-hydrogen) atoms. The highest BCUT2D eigenvalue weighted by molar-refractivity contribution is 7.99. The van der Waals surface area contributed by atoms with Crippen molar-refractivity contribution in [1.29, 1.82) is 0 Å². The molecule has 0 spiro atoms. The topological polar surface area (TPSA) is 84.1 Å². The molecule has 0 N–H and O–H groups in total. The van der Waals surface area contributed by atoms with Gasteiger partial charge >= 0.3 is 0 Å². The maximum atomic E-state index is 13.1. The first-order valence-electron chi connectivity index (χ1n) is 10.5. The number of aromatic nitrogens is 5. The second-order valence-corrected chi connectivity index (χ2v) is 8.81. The predicted octanol–water partition coefficient (Wildman–Crippen LogP) is 4.05. The van der Waals surface area contributed by atoms with Gasteiger partial charge in [0.1, 0.15) is 0 Å². The van der Waals surface area contributed by atoms with E-state index in [0.717, 1.165) is 45.4 Å². The quantitative estimate of drug-likeness (QED) is 0.303. The van der Waals surface area contributed by atoms with E-state index < -0.39 is 0 Å². The molecular formula is C24H23N5O3S. The monoisotopic (exact) mass is 461 g/mol. The van der Waals surface area contributed by atoms with Gasteiger partial charge in [-0.1, -0.05) is 17.8 Å². The van der Waals surface area contributed by atoms with Crippen LogP contribution < -0.4 is 9.47 Å². The van der Waals surface area contributed by atoms with E-state index in [4.69, 9.17) is 9.47 Å². The van der Waals surface area contributed by atoms with E-state index in [0.29, 0.717) is 11.7 Å². The number of nitrogens with zero attached hydrogens (tertiary/aromatic N) is 5. The number of hydrogen-bond donors (Lipinski definition) is 0. The van der Waals surface area contributed by atoms with Crippen molar-refractivity contribution >= 4 is 17.5 Å². The fourth-order valence-electron chi connectivity index (χ4n) is 3.95. The molecule has 0 saturated heterocycles. The van der Waals surface area contributed by atoms with Gasteiger partial charge in [0, 0.05) is 48.5 Å². The first-order valence-corrected chi connectivity index (χ1v) is 11.5. The summed E-state index contributed by atoms with van der Waals surface area (Å²) in [5, 5.41) is 9.24. The molecular weight excluding hydrogens is 438 g/mol. The number of pyridine rings is 1. The number of hydrogen-bond acceptors (Lipinski definition) is 7. The van der Waals surface area contributed by atoms with Crippen molar-refractivity contribution in [1.82, 2.24) is 24.3 Å². The minimum Gasteiger partial charge on any atom is -0.454 e. The molecule has 1 aliphatic rings. The Kier molecular flexibility index (Phi) is 5.63. The summed E-state index contributed by atoms with van der Waals surface area (Å²) in [6.07, 6.45) is 3.44. The number of ether oxygens (including phenoxy) is 2. The van der Waals surface area contributed by atoms with Gasteiger partial charge in [-0.2, -0.15) is 0 Å². The highest BCUT2D eigenvalue weighted by Gasteiger charge is 2.19. The Labute approximate surface area is 195 Å². The molecule has 1 aliphatic heterocycles. The molecule has 4 aromatic rings. The van der Waals surface area contributed by atoms with Gasteiger partial charge < -0.3 is 18.6 Å². The first-order chi connectivity index (χ1) is 16.0. The average molecular weight is 462 g/mol. The summed E-state index contributed by atoms with van der Waals surface area (Å²) in [5.41, 5.74) is 4.75. The van der Waals surface area contributed by atoms with Crippen LogP contribution in [0.4, 0.5) is 0 Å². The van der Waals surface area contributed by atoms with E-state index in [1.165, 1.54) is 11.8 Å². The van der Waals surface area contributed by atoms with Gasteiger partial charge in [-0.25, -0.2) is 0 Å². The summed E-state index contributed by atoms with van der Waals surface area (Å²) in [4.78, 5) is 17.1. The lowest BCUT2D eigenvalue weighted by atomic mass is 10.1. The molecule has 0 saturated carbocycles. The minimum atomic E-state index is 0.0681. The molecule has 0 amide bonds. The minimum absolute atomic E-state index is 0.0681. The van der Waals surface area contributed by atoms with Crippen LogP contribution in [0, 0.1) is 13.8 Å². The fraction of sp³-hybridized carbons (Fsp3) is 0.250. The van der Waals surface area contributed by atoms with Crippen LogP contribution >= 0.6 is 11.8 Å². The third-order valence-corrected chi connectivity index (χ3v) is 6.78. The van der Waals surface area contributed by atoms with Crippen LogP contribution in [0.5, 0.6) is 11.5 Å². The average Bonchev–Trinajstić information content (AvgIpc) is 3.52. The number of Topliss-reactive ketones (excluding diaryl/α,β-unsaturated/α-hetero) is 1. The summed E-state index contributed by atoms with van der Waals surface area (Å²) in [5.74, 6) is 2.63. The number of aryl methyl sites for hydroxylation is 1. The maximum absolute atomic E-state index is 13.1. The normalized spacial score (nSPS) is 12.3. The van der Waals surface area contributed by atoms with Crippen molar-refractivity contribution < 1.29 is 14.3 Å². The standard InChI is InChI=1S/C24H23N5O3S/c1-15-10-19(16(2)29(15)12-17-4-5-21-22(11-17)32-14-31-21)20(30)13-33-24-27-26-23(28(24)3)18-6-8-25-9-7-18/h4-11H,12-14H2,1-3H3. The molecule has 0 fully saturated rings. The van der Waals surface area contributed by atoms with Crippen molar-refractivity contribution in [3.63, 3.8) is 0 Å². The van der Waals surface area contributed by atoms with Crippen LogP contribution in [0.25, 0.3) is 11.4 Å². The Morgan fingerprint density at radius 2 is 1.85 bits per heavy atom. The molecule has 9 heteroatoms. The molecule has 0 radical (unpaired) electrons. The smallest absolute Gasteiger partial charge is 0.231 e. The molecule has 0 bridgehead atoms. The van der Waals surface area contributed by atoms with Gasteiger partial charge in [0.15, 0.2) is 28.3 Å². The summed E-state index contributed by atoms with van der Waals surface area (Å²) in [6.45, 7) is 4.93. The Morgan fingerprint density at radius 3 is 2.67 bits per heavy atom. The molecule has 8 nitrogen and oxygen atoms in total. The van der Waals surface area contributed by atoms with Crippen molar-refractivity contribution in [2.75, 3.05) is 12.5 Å². The van der Waals surface area contributed by atoms with Crippen LogP contribution in [0.3, 0.4) is 0 Å². The second-order valence-electron chi connectivity index (χ2n) is 7.87. The fourth-order valence-corrected chi connectivity index (χ4v) is 4.74. The zero-order chi connectivity index (χ0) is 22.9. The lowest BCUT2D eigenvalue weighted by molar-refractivity contribution is 0.102. The molecule has 3 aromatic heterocycles. The Bertz CT molecular complexity index is 1330. The first kappa shape index (κ1) is 21.3. The van der Waals surface area contributed by atoms with Crippen molar-refractivity contribution in [3.8, 4) is 22.9 Å². The van der Waals surface area contributed by atoms with Gasteiger partial charge in [-0.05, 0) is 49.7 Å². The molecule has 0 unspecified atom stereocenters. The van der Waals surface area contributed by atoms with Gasteiger partial charge in [-0.3, -0.25) is 9.78 Å². The van der Waals surface area contributed by atoms with Gasteiger partial charge in [-0.15, -0.1) is 10.2 Å². The number of rotatable bonds is 7. The van der Waals surface area contributed by atoms with Gasteiger partial charge in [0.2, 0.25) is 6.79 Å². The summed E-state index contributed by atoms with van der Waals surface area (Å²) in [7, 11) is 1.90. The number of benzene rings is 1. The number of thioether (sulfide) groups is 1. The van der Waals surface area contributed by atoms with Crippen LogP contribution in [0.15, 0.2) is 53.9 Å². The van der Waals surface area contributed by atoms with E-state index in [2.05, 4.69) is 19.7 Å². The molecule has 168 valence electrons. The zero-order valence-corrected chi connectivity index (χ0v) is 19.4. The SMILES string of the molecule is Cc1cc(C(=O)CSc2nnc(-c3ccncc3)n2C)c(C)n1Cc1ccc2c(c1)OCO2. The Hall–Kier alpha value is -3.59. The molecule has 1 aromatic carbocycles. The lowest BCUT2D eigenvalue weighted by Crippen LogP contribution is -2.08. The predicted molar refractivity (Wildman–Crippen MR) is 125 cm³/mol. The second kappa shape index (κ2) is 8.74. The van der Waals surface area contributed by atoms with Crippen molar-refractivity contribution in [3.05, 3.63) is 71.3 Å². The largest absolute Gasteiger partial charge is 0.454 e. The van der Waals surface area contributed by atoms with Crippen LogP contribution in [0.1, 0.15) is 27.3 Å². The summed E-state index contributed by atoms with van der Waals surface area (Å²) >= 11 is 1.39. The van der Waals surface area contributed by atoms with Crippen LogP contribution in [-0.4, -0.2) is 42.6 Å². The third-order valence-electron chi connectivity index (χ3n) is 5.76. The van der Waals surface area contributed by atoms with E-state index in [-0.39, 0.29) is 18.3 Å². The van der Waals surface area contributed by atoms with E-state index >= 15 is 0 Å². The summed E-state index contributed by atoms with van der Waals surface area (Å²) in [6, 6.07) is 11.7. The molecule has 0 atom stereocenters. The van der Waals surface area contributed by atoms with E-state index in [1.807, 2.05) is 61.9 Å². The highest BCUT2D eigenvalue weighted by Crippen LogP contribution is 2.33. The number of fused-ring (bicyclic) bond motifs is 1. The Balaban J connectivity index is 1.29. The van der Waals surface area contributed by atoms with E-state index in [1.54, 1.807) is 12.4 Å². The van der Waals surface area contributed by atoms with Gasteiger partial charge in [0.05, 0.1) is 5.75 Å². The van der Waals surface area contributed by atoms with Crippen LogP contribution in [0.2, 0.25) is 0 Å². The highest BCUT2D eigenvalue weighted by atomic mass is 32.2. The number of carbonyl (C=O) groups is 1. The molecule has 0 aliphatic carbocycles. The number of carbonyl (C=O) groups excluding carboxylic acids is 1. The molecule has 5 rings (SSSR count). The summed E-state index contributed by atoms with van der Waals surface area (Å²) < 4.78 is 14.9. The number of ketones is 1. The van der Waals surface area contributed by atoms with E-state index in [9.17, 15) is 4.79 Å². The molecule has 4 heterocycles. The van der Waals surface area contributed by atoms with Gasteiger partial charge in [0.25, 0.3) is 0 Å². The van der Waals surface area contributed by atoms with Crippen LogP contribution in [-0.2, 0) is 13.6 Å². The zero-order valence-electron chi connectivity index (χ0n) is 18.6.